The zero-order chi connectivity index (χ0) is 22.2. The van der Waals surface area contributed by atoms with Gasteiger partial charge in [0.15, 0.2) is 0 Å². The molecule has 1 fully saturated rings. The van der Waals surface area contributed by atoms with Gasteiger partial charge in [0.05, 0.1) is 16.8 Å². The van der Waals surface area contributed by atoms with Gasteiger partial charge >= 0.3 is 0 Å². The van der Waals surface area contributed by atoms with E-state index in [1.807, 2.05) is 36.6 Å². The van der Waals surface area contributed by atoms with Crippen LogP contribution in [-0.2, 0) is 11.3 Å². The van der Waals surface area contributed by atoms with Gasteiger partial charge in [-0.25, -0.2) is 0 Å². The molecule has 172 valence electrons. The molecule has 2 amide bonds. The largest absolute Gasteiger partial charge is 0.352 e. The Morgan fingerprint density at radius 3 is 2.74 bits per heavy atom. The Balaban J connectivity index is 0.00000132. The van der Waals surface area contributed by atoms with E-state index in [-0.39, 0.29) is 17.9 Å². The van der Waals surface area contributed by atoms with Gasteiger partial charge in [0.25, 0.3) is 5.91 Å². The van der Waals surface area contributed by atoms with E-state index in [9.17, 15) is 9.59 Å². The van der Waals surface area contributed by atoms with Crippen LogP contribution in [0.25, 0.3) is 10.2 Å². The summed E-state index contributed by atoms with van der Waals surface area (Å²) in [5, 5.41) is 5.32. The zero-order valence-corrected chi connectivity index (χ0v) is 20.8. The third kappa shape index (κ3) is 5.67. The smallest absolute Gasteiger partial charge is 0.271 e. The van der Waals surface area contributed by atoms with Crippen LogP contribution in [0, 0.1) is 0 Å². The van der Waals surface area contributed by atoms with Crippen LogP contribution in [0.15, 0.2) is 17.5 Å². The molecule has 2 aromatic rings. The van der Waals surface area contributed by atoms with Crippen molar-refractivity contribution >= 4 is 45.1 Å². The second kappa shape index (κ2) is 12.0. The lowest BCUT2D eigenvalue weighted by Crippen LogP contribution is -2.57. The fraction of sp³-hybridized carbons (Fsp3) is 0.667. The Morgan fingerprint density at radius 1 is 1.23 bits per heavy atom. The molecule has 0 aromatic carbocycles. The van der Waals surface area contributed by atoms with E-state index in [0.717, 1.165) is 46.7 Å². The quantitative estimate of drug-likeness (QED) is 0.523. The molecular formula is C24H37N3O2S2. The summed E-state index contributed by atoms with van der Waals surface area (Å²) in [5.41, 5.74) is 1.81. The minimum Gasteiger partial charge on any atom is -0.352 e. The minimum absolute atomic E-state index is 0.00364. The van der Waals surface area contributed by atoms with Gasteiger partial charge < -0.3 is 14.8 Å². The van der Waals surface area contributed by atoms with E-state index >= 15 is 0 Å². The molecule has 0 radical (unpaired) electrons. The van der Waals surface area contributed by atoms with Gasteiger partial charge in [0.1, 0.15) is 11.7 Å². The summed E-state index contributed by atoms with van der Waals surface area (Å²) >= 11 is 3.58. The highest BCUT2D eigenvalue weighted by Gasteiger charge is 2.38. The molecule has 5 nitrogen and oxygen atoms in total. The lowest BCUT2D eigenvalue weighted by Gasteiger charge is -2.37. The Bertz CT molecular complexity index is 854. The first-order valence-corrected chi connectivity index (χ1v) is 14.0. The predicted octanol–water partition coefficient (Wildman–Crippen LogP) is 5.54. The molecule has 1 aliphatic carbocycles. The lowest BCUT2D eigenvalue weighted by molar-refractivity contribution is -0.127. The number of carbonyl (C=O) groups is 2. The first kappa shape index (κ1) is 24.2. The maximum atomic E-state index is 13.3. The summed E-state index contributed by atoms with van der Waals surface area (Å²) in [6.45, 7) is 7.39. The summed E-state index contributed by atoms with van der Waals surface area (Å²) in [7, 11) is 0. The van der Waals surface area contributed by atoms with Crippen LogP contribution in [0.1, 0.15) is 76.2 Å². The molecule has 2 aliphatic rings. The maximum absolute atomic E-state index is 13.3. The van der Waals surface area contributed by atoms with Crippen LogP contribution >= 0.6 is 23.1 Å². The van der Waals surface area contributed by atoms with Crippen LogP contribution in [-0.4, -0.2) is 51.4 Å². The van der Waals surface area contributed by atoms with Gasteiger partial charge in [0, 0.05) is 12.6 Å². The van der Waals surface area contributed by atoms with Crippen molar-refractivity contribution in [3.8, 4) is 0 Å². The third-order valence-corrected chi connectivity index (χ3v) is 8.15. The summed E-state index contributed by atoms with van der Waals surface area (Å²) in [5.74, 6) is 2.21. The van der Waals surface area contributed by atoms with Crippen LogP contribution in [0.4, 0.5) is 0 Å². The second-order valence-electron chi connectivity index (χ2n) is 8.13. The van der Waals surface area contributed by atoms with Crippen molar-refractivity contribution in [3.05, 3.63) is 23.2 Å². The number of amides is 2. The number of nitrogens with one attached hydrogen (secondary N) is 1. The molecule has 4 rings (SSSR count). The van der Waals surface area contributed by atoms with Crippen molar-refractivity contribution in [2.75, 3.05) is 18.1 Å². The Morgan fingerprint density at radius 2 is 2.00 bits per heavy atom. The van der Waals surface area contributed by atoms with Crippen molar-refractivity contribution in [2.24, 2.45) is 0 Å². The molecule has 7 heteroatoms. The normalized spacial score (nSPS) is 19.1. The highest BCUT2D eigenvalue weighted by atomic mass is 32.2. The van der Waals surface area contributed by atoms with E-state index < -0.39 is 6.04 Å². The third-order valence-electron chi connectivity index (χ3n) is 6.02. The average molecular weight is 464 g/mol. The van der Waals surface area contributed by atoms with Gasteiger partial charge in [-0.2, -0.15) is 11.8 Å². The topological polar surface area (TPSA) is 54.3 Å². The number of thiophene rings is 1. The predicted molar refractivity (Wildman–Crippen MR) is 133 cm³/mol. The van der Waals surface area contributed by atoms with Gasteiger partial charge in [0.2, 0.25) is 5.91 Å². The molecular weight excluding hydrogens is 426 g/mol. The second-order valence-corrected chi connectivity index (χ2v) is 10.3. The summed E-state index contributed by atoms with van der Waals surface area (Å²) in [6, 6.07) is 3.91. The summed E-state index contributed by atoms with van der Waals surface area (Å²) in [6.07, 6.45) is 7.85. The van der Waals surface area contributed by atoms with Crippen LogP contribution in [0.3, 0.4) is 0 Å². The van der Waals surface area contributed by atoms with Crippen molar-refractivity contribution < 1.29 is 9.59 Å². The molecule has 1 atom stereocenters. The SMILES string of the molecule is CC.CCCSCCCN1C(=O)c2cc3sccc3n2CC1C(=O)NC1CCCCC1. The Hall–Kier alpha value is -1.47. The Kier molecular flexibility index (Phi) is 9.32. The molecule has 0 saturated heterocycles. The average Bonchev–Trinajstić information content (AvgIpc) is 3.39. The zero-order valence-electron chi connectivity index (χ0n) is 19.2. The summed E-state index contributed by atoms with van der Waals surface area (Å²) < 4.78 is 3.18. The fourth-order valence-electron chi connectivity index (χ4n) is 4.52. The number of fused-ring (bicyclic) bond motifs is 3. The standard InChI is InChI=1S/C22H31N3O2S2.C2H6/c1-2-11-28-12-6-10-24-19(21(26)23-16-7-4-3-5-8-16)15-25-17-9-13-29-20(17)14-18(25)22(24)27;1-2/h9,13-14,16,19H,2-8,10-12,15H2,1H3,(H,23,26);1-2H3. The number of aromatic nitrogens is 1. The van der Waals surface area contributed by atoms with E-state index in [4.69, 9.17) is 0 Å². The highest BCUT2D eigenvalue weighted by Crippen LogP contribution is 2.30. The molecule has 1 aliphatic heterocycles. The number of nitrogens with zero attached hydrogens (tertiary/aromatic N) is 2. The van der Waals surface area contributed by atoms with Gasteiger partial charge in [-0.1, -0.05) is 40.0 Å². The van der Waals surface area contributed by atoms with Gasteiger partial charge in [-0.15, -0.1) is 11.3 Å². The van der Waals surface area contributed by atoms with Crippen LogP contribution in [0.5, 0.6) is 0 Å². The van der Waals surface area contributed by atoms with Crippen LogP contribution in [0.2, 0.25) is 0 Å². The molecule has 2 aromatic heterocycles. The minimum atomic E-state index is -0.413. The molecule has 1 unspecified atom stereocenters. The monoisotopic (exact) mass is 463 g/mol. The molecule has 0 spiro atoms. The van der Waals surface area contributed by atoms with Crippen molar-refractivity contribution in [1.29, 1.82) is 0 Å². The van der Waals surface area contributed by atoms with Crippen LogP contribution < -0.4 is 5.32 Å². The van der Waals surface area contributed by atoms with E-state index in [2.05, 4.69) is 28.3 Å². The van der Waals surface area contributed by atoms with Crippen molar-refractivity contribution in [2.45, 2.75) is 84.3 Å². The van der Waals surface area contributed by atoms with E-state index in [1.165, 1.54) is 25.7 Å². The molecule has 1 saturated carbocycles. The highest BCUT2D eigenvalue weighted by molar-refractivity contribution is 7.99. The number of rotatable bonds is 8. The first-order chi connectivity index (χ1) is 15.2. The molecule has 3 heterocycles. The summed E-state index contributed by atoms with van der Waals surface area (Å²) in [4.78, 5) is 28.4. The lowest BCUT2D eigenvalue weighted by atomic mass is 9.95. The molecule has 31 heavy (non-hydrogen) atoms. The van der Waals surface area contributed by atoms with Crippen molar-refractivity contribution in [1.82, 2.24) is 14.8 Å². The number of hydrogen-bond donors (Lipinski definition) is 1. The number of hydrogen-bond acceptors (Lipinski definition) is 4. The van der Waals surface area contributed by atoms with E-state index in [0.29, 0.717) is 13.1 Å². The van der Waals surface area contributed by atoms with Crippen molar-refractivity contribution in [3.63, 3.8) is 0 Å². The Labute approximate surface area is 194 Å². The molecule has 1 N–H and O–H groups in total. The number of thioether (sulfide) groups is 1. The first-order valence-electron chi connectivity index (χ1n) is 11.9. The van der Waals surface area contributed by atoms with Gasteiger partial charge in [-0.05, 0) is 54.7 Å². The van der Waals surface area contributed by atoms with E-state index in [1.54, 1.807) is 11.3 Å². The van der Waals surface area contributed by atoms with Gasteiger partial charge in [-0.3, -0.25) is 9.59 Å². The molecule has 0 bridgehead atoms. The fourth-order valence-corrected chi connectivity index (χ4v) is 6.17. The maximum Gasteiger partial charge on any atom is 0.271 e. The number of carbonyl (C=O) groups excluding carboxylic acids is 2.